The number of benzene rings is 2. The molecule has 0 atom stereocenters. The van der Waals surface area contributed by atoms with Crippen LogP contribution in [0.1, 0.15) is 0 Å². The maximum Gasteiger partial charge on any atom is 0.267 e. The van der Waals surface area contributed by atoms with E-state index in [1.54, 1.807) is 30.6 Å². The van der Waals surface area contributed by atoms with E-state index < -0.39 is 5.91 Å². The lowest BCUT2D eigenvalue weighted by molar-refractivity contribution is -0.112. The number of methoxy groups -OCH3 is 2. The summed E-state index contributed by atoms with van der Waals surface area (Å²) in [6, 6.07) is 12.3. The van der Waals surface area contributed by atoms with Gasteiger partial charge in [0.15, 0.2) is 0 Å². The summed E-state index contributed by atoms with van der Waals surface area (Å²) in [5.41, 5.74) is 2.70. The normalized spacial score (nSPS) is 10.9. The minimum absolute atomic E-state index is 0.0930. The van der Waals surface area contributed by atoms with Crippen molar-refractivity contribution in [2.45, 2.75) is 0 Å². The molecule has 0 radical (unpaired) electrons. The van der Waals surface area contributed by atoms with E-state index in [4.69, 9.17) is 9.47 Å². The highest BCUT2D eigenvalue weighted by Gasteiger charge is 2.13. The standard InChI is InChI=1S/C19H17N5O3/c1-26-14-4-6-18(27-2)17(8-14)24-19(25)12(9-20)10-21-13-3-5-15-16(7-13)23-11-22-15/h3-8,10-11,21H,1-2H3,(H,22,23)(H,24,25)/b12-10-. The number of fused-ring (bicyclic) bond motifs is 1. The molecule has 0 saturated carbocycles. The first-order chi connectivity index (χ1) is 13.1. The highest BCUT2D eigenvalue weighted by atomic mass is 16.5. The summed E-state index contributed by atoms with van der Waals surface area (Å²) in [5.74, 6) is 0.442. The highest BCUT2D eigenvalue weighted by molar-refractivity contribution is 6.07. The number of nitriles is 1. The van der Waals surface area contributed by atoms with Gasteiger partial charge in [-0.05, 0) is 30.3 Å². The second-order valence-corrected chi connectivity index (χ2v) is 5.47. The van der Waals surface area contributed by atoms with Gasteiger partial charge in [0.05, 0.1) is 37.3 Å². The smallest absolute Gasteiger partial charge is 0.267 e. The second-order valence-electron chi connectivity index (χ2n) is 5.47. The third-order valence-electron chi connectivity index (χ3n) is 3.82. The van der Waals surface area contributed by atoms with Crippen LogP contribution in [0, 0.1) is 11.3 Å². The van der Waals surface area contributed by atoms with Crippen molar-refractivity contribution in [2.75, 3.05) is 24.9 Å². The molecule has 0 saturated heterocycles. The van der Waals surface area contributed by atoms with E-state index in [1.165, 1.54) is 20.4 Å². The first-order valence-electron chi connectivity index (χ1n) is 7.98. The summed E-state index contributed by atoms with van der Waals surface area (Å²) in [6.45, 7) is 0. The molecule has 0 spiro atoms. The number of aromatic nitrogens is 2. The number of ether oxygens (including phenoxy) is 2. The summed E-state index contributed by atoms with van der Waals surface area (Å²) in [6.07, 6.45) is 2.94. The number of amides is 1. The number of anilines is 2. The van der Waals surface area contributed by atoms with Crippen molar-refractivity contribution >= 4 is 28.3 Å². The molecule has 3 N–H and O–H groups in total. The number of H-pyrrole nitrogens is 1. The van der Waals surface area contributed by atoms with E-state index in [0.29, 0.717) is 22.9 Å². The van der Waals surface area contributed by atoms with E-state index in [9.17, 15) is 10.1 Å². The molecule has 1 heterocycles. The molecule has 8 nitrogen and oxygen atoms in total. The Kier molecular flexibility index (Phi) is 5.23. The van der Waals surface area contributed by atoms with Crippen molar-refractivity contribution in [1.29, 1.82) is 5.26 Å². The Bertz CT molecular complexity index is 1050. The summed E-state index contributed by atoms with van der Waals surface area (Å²) in [5, 5.41) is 14.9. The Morgan fingerprint density at radius 2 is 2.07 bits per heavy atom. The molecular weight excluding hydrogens is 346 g/mol. The number of nitrogens with zero attached hydrogens (tertiary/aromatic N) is 2. The predicted molar refractivity (Wildman–Crippen MR) is 102 cm³/mol. The van der Waals surface area contributed by atoms with E-state index in [0.717, 1.165) is 11.0 Å². The third-order valence-corrected chi connectivity index (χ3v) is 3.82. The van der Waals surface area contributed by atoms with Gasteiger partial charge in [0.25, 0.3) is 5.91 Å². The van der Waals surface area contributed by atoms with Crippen molar-refractivity contribution in [1.82, 2.24) is 9.97 Å². The van der Waals surface area contributed by atoms with E-state index in [2.05, 4.69) is 20.6 Å². The van der Waals surface area contributed by atoms with Gasteiger partial charge in [-0.15, -0.1) is 0 Å². The number of imidazole rings is 1. The summed E-state index contributed by atoms with van der Waals surface area (Å²) >= 11 is 0. The monoisotopic (exact) mass is 363 g/mol. The molecule has 8 heteroatoms. The van der Waals surface area contributed by atoms with Gasteiger partial charge in [0.2, 0.25) is 0 Å². The largest absolute Gasteiger partial charge is 0.497 e. The van der Waals surface area contributed by atoms with E-state index in [1.807, 2.05) is 18.2 Å². The molecule has 0 aliphatic carbocycles. The minimum atomic E-state index is -0.570. The number of hydrogen-bond acceptors (Lipinski definition) is 6. The Hall–Kier alpha value is -3.99. The van der Waals surface area contributed by atoms with Gasteiger partial charge in [-0.2, -0.15) is 5.26 Å². The topological polar surface area (TPSA) is 112 Å². The van der Waals surface area contributed by atoms with Gasteiger partial charge >= 0.3 is 0 Å². The first kappa shape index (κ1) is 17.8. The second kappa shape index (κ2) is 7.93. The lowest BCUT2D eigenvalue weighted by Gasteiger charge is -2.11. The number of aromatic amines is 1. The average Bonchev–Trinajstić information content (AvgIpc) is 3.16. The molecule has 1 amide bonds. The lowest BCUT2D eigenvalue weighted by atomic mass is 10.2. The Balaban J connectivity index is 1.77. The molecule has 3 aromatic rings. The SMILES string of the molecule is COc1ccc(OC)c(NC(=O)/C(C#N)=C\Nc2ccc3nc[nH]c3c2)c1. The van der Waals surface area contributed by atoms with E-state index in [-0.39, 0.29) is 5.57 Å². The summed E-state index contributed by atoms with van der Waals surface area (Å²) in [4.78, 5) is 19.6. The Morgan fingerprint density at radius 3 is 2.81 bits per heavy atom. The third kappa shape index (κ3) is 3.99. The molecule has 0 fully saturated rings. The van der Waals surface area contributed by atoms with Crippen LogP contribution in [0.15, 0.2) is 54.5 Å². The summed E-state index contributed by atoms with van der Waals surface area (Å²) in [7, 11) is 3.01. The van der Waals surface area contributed by atoms with Crippen LogP contribution in [0.25, 0.3) is 11.0 Å². The van der Waals surface area contributed by atoms with Crippen LogP contribution in [-0.4, -0.2) is 30.1 Å². The Morgan fingerprint density at radius 1 is 1.22 bits per heavy atom. The van der Waals surface area contributed by atoms with Crippen LogP contribution < -0.4 is 20.1 Å². The number of hydrogen-bond donors (Lipinski definition) is 3. The molecule has 0 aliphatic heterocycles. The van der Waals surface area contributed by atoms with Crippen LogP contribution in [0.4, 0.5) is 11.4 Å². The molecule has 2 aromatic carbocycles. The van der Waals surface area contributed by atoms with E-state index >= 15 is 0 Å². The molecule has 0 unspecified atom stereocenters. The van der Waals surface area contributed by atoms with Gasteiger partial charge in [-0.25, -0.2) is 4.98 Å². The fourth-order valence-electron chi connectivity index (χ4n) is 2.43. The van der Waals surface area contributed by atoms with Gasteiger partial charge < -0.3 is 25.1 Å². The van der Waals surface area contributed by atoms with Gasteiger partial charge in [0, 0.05) is 18.0 Å². The van der Waals surface area contributed by atoms with Gasteiger partial charge in [-0.3, -0.25) is 4.79 Å². The molecular formula is C19H17N5O3. The number of nitrogens with one attached hydrogen (secondary N) is 3. The molecule has 1 aromatic heterocycles. The van der Waals surface area contributed by atoms with Crippen molar-refractivity contribution in [3.63, 3.8) is 0 Å². The zero-order valence-electron chi connectivity index (χ0n) is 14.7. The van der Waals surface area contributed by atoms with Crippen LogP contribution >= 0.6 is 0 Å². The zero-order valence-corrected chi connectivity index (χ0v) is 14.7. The molecule has 3 rings (SSSR count). The van der Waals surface area contributed by atoms with Crippen molar-refractivity contribution in [2.24, 2.45) is 0 Å². The lowest BCUT2D eigenvalue weighted by Crippen LogP contribution is -2.15. The quantitative estimate of drug-likeness (QED) is 0.458. The maximum absolute atomic E-state index is 12.4. The van der Waals surface area contributed by atoms with Gasteiger partial charge in [0.1, 0.15) is 23.1 Å². The zero-order chi connectivity index (χ0) is 19.2. The Labute approximate surface area is 155 Å². The van der Waals surface area contributed by atoms with Crippen molar-refractivity contribution in [3.8, 4) is 17.6 Å². The molecule has 0 bridgehead atoms. The molecule has 0 aliphatic rings. The summed E-state index contributed by atoms with van der Waals surface area (Å²) < 4.78 is 10.4. The van der Waals surface area contributed by atoms with Crippen LogP contribution in [0.3, 0.4) is 0 Å². The van der Waals surface area contributed by atoms with Crippen molar-refractivity contribution in [3.05, 3.63) is 54.5 Å². The van der Waals surface area contributed by atoms with Crippen LogP contribution in [0.5, 0.6) is 11.5 Å². The molecule has 136 valence electrons. The minimum Gasteiger partial charge on any atom is -0.497 e. The first-order valence-corrected chi connectivity index (χ1v) is 7.98. The number of carbonyl (C=O) groups is 1. The van der Waals surface area contributed by atoms with Crippen LogP contribution in [0.2, 0.25) is 0 Å². The fourth-order valence-corrected chi connectivity index (χ4v) is 2.43. The van der Waals surface area contributed by atoms with Crippen molar-refractivity contribution < 1.29 is 14.3 Å². The highest BCUT2D eigenvalue weighted by Crippen LogP contribution is 2.29. The van der Waals surface area contributed by atoms with Gasteiger partial charge in [-0.1, -0.05) is 0 Å². The molecule has 27 heavy (non-hydrogen) atoms. The average molecular weight is 363 g/mol. The maximum atomic E-state index is 12.4. The number of rotatable bonds is 6. The van der Waals surface area contributed by atoms with Crippen LogP contribution in [-0.2, 0) is 4.79 Å². The number of carbonyl (C=O) groups excluding carboxylic acids is 1. The predicted octanol–water partition coefficient (Wildman–Crippen LogP) is 3.04. The fraction of sp³-hybridized carbons (Fsp3) is 0.105.